The molecule has 4 heteroatoms. The quantitative estimate of drug-likeness (QED) is 0.540. The Hall–Kier alpha value is -0.710. The fourth-order valence-electron chi connectivity index (χ4n) is 4.57. The van der Waals surface area contributed by atoms with E-state index in [0.29, 0.717) is 0 Å². The standard InChI is InChI=1S/C23H38N2OS/c1-18(2)20-10-12-24(13-11-20)17-19-8-14-25(15-9-19)21-6-5-7-22(16-21)27-23(3,4)26/h5-7,16,18-20,26H,8-15,17H2,1-4H3. The van der Waals surface area contributed by atoms with Gasteiger partial charge in [0.05, 0.1) is 0 Å². The summed E-state index contributed by atoms with van der Waals surface area (Å²) >= 11 is 1.53. The van der Waals surface area contributed by atoms with E-state index in [1.54, 1.807) is 0 Å². The number of hydrogen-bond donors (Lipinski definition) is 1. The predicted molar refractivity (Wildman–Crippen MR) is 118 cm³/mol. The van der Waals surface area contributed by atoms with Crippen molar-refractivity contribution >= 4 is 17.4 Å². The molecule has 1 N–H and O–H groups in total. The highest BCUT2D eigenvalue weighted by Gasteiger charge is 2.26. The molecular formula is C23H38N2OS. The number of hydrogen-bond acceptors (Lipinski definition) is 4. The van der Waals surface area contributed by atoms with Crippen LogP contribution in [0.3, 0.4) is 0 Å². The summed E-state index contributed by atoms with van der Waals surface area (Å²) in [6, 6.07) is 8.67. The van der Waals surface area contributed by atoms with Gasteiger partial charge in [-0.15, -0.1) is 0 Å². The highest BCUT2D eigenvalue weighted by atomic mass is 32.2. The van der Waals surface area contributed by atoms with E-state index in [1.165, 1.54) is 62.8 Å². The lowest BCUT2D eigenvalue weighted by Crippen LogP contribution is -2.42. The van der Waals surface area contributed by atoms with Crippen molar-refractivity contribution in [2.75, 3.05) is 37.6 Å². The molecule has 0 bridgehead atoms. The Kier molecular flexibility index (Phi) is 7.15. The van der Waals surface area contributed by atoms with Crippen LogP contribution in [0.5, 0.6) is 0 Å². The van der Waals surface area contributed by atoms with Gasteiger partial charge in [0.1, 0.15) is 4.93 Å². The molecule has 0 amide bonds. The highest BCUT2D eigenvalue weighted by molar-refractivity contribution is 8.00. The van der Waals surface area contributed by atoms with Crippen LogP contribution in [0.1, 0.15) is 53.4 Å². The monoisotopic (exact) mass is 390 g/mol. The Balaban J connectivity index is 1.46. The van der Waals surface area contributed by atoms with Crippen molar-refractivity contribution in [1.29, 1.82) is 0 Å². The van der Waals surface area contributed by atoms with Crippen LogP contribution in [-0.2, 0) is 0 Å². The average molecular weight is 391 g/mol. The minimum Gasteiger partial charge on any atom is -0.380 e. The van der Waals surface area contributed by atoms with Crippen molar-refractivity contribution in [2.45, 2.75) is 63.2 Å². The summed E-state index contributed by atoms with van der Waals surface area (Å²) in [6.07, 6.45) is 5.38. The van der Waals surface area contributed by atoms with Gasteiger partial charge >= 0.3 is 0 Å². The number of likely N-dealkylation sites (tertiary alicyclic amines) is 1. The summed E-state index contributed by atoms with van der Waals surface area (Å²) in [4.78, 5) is 5.67. The van der Waals surface area contributed by atoms with Crippen LogP contribution < -0.4 is 4.90 Å². The maximum absolute atomic E-state index is 10.1. The SMILES string of the molecule is CC(C)C1CCN(CC2CCN(c3cccc(SC(C)(C)O)c3)CC2)CC1. The van der Waals surface area contributed by atoms with E-state index < -0.39 is 4.93 Å². The van der Waals surface area contributed by atoms with Gasteiger partial charge < -0.3 is 14.9 Å². The molecule has 2 aliphatic rings. The molecular weight excluding hydrogens is 352 g/mol. The van der Waals surface area contributed by atoms with Gasteiger partial charge in [0.2, 0.25) is 0 Å². The summed E-state index contributed by atoms with van der Waals surface area (Å²) in [6.45, 7) is 14.7. The van der Waals surface area contributed by atoms with Crippen molar-refractivity contribution < 1.29 is 5.11 Å². The first-order chi connectivity index (χ1) is 12.8. The molecule has 2 aliphatic heterocycles. The maximum atomic E-state index is 10.1. The molecule has 3 rings (SSSR count). The zero-order valence-electron chi connectivity index (χ0n) is 17.7. The fraction of sp³-hybridized carbons (Fsp3) is 0.739. The molecule has 2 saturated heterocycles. The first kappa shape index (κ1) is 21.0. The second kappa shape index (κ2) is 9.19. The number of anilines is 1. The fourth-order valence-corrected chi connectivity index (χ4v) is 5.48. The summed E-state index contributed by atoms with van der Waals surface area (Å²) in [5.74, 6) is 2.64. The largest absolute Gasteiger partial charge is 0.380 e. The summed E-state index contributed by atoms with van der Waals surface area (Å²) < 4.78 is 0. The molecule has 1 aromatic rings. The number of piperidine rings is 2. The van der Waals surface area contributed by atoms with Crippen molar-refractivity contribution in [3.63, 3.8) is 0 Å². The van der Waals surface area contributed by atoms with Crippen LogP contribution in [0.4, 0.5) is 5.69 Å². The summed E-state index contributed by atoms with van der Waals surface area (Å²) in [5.41, 5.74) is 1.31. The third-order valence-electron chi connectivity index (χ3n) is 6.26. The molecule has 2 fully saturated rings. The van der Waals surface area contributed by atoms with Crippen molar-refractivity contribution in [1.82, 2.24) is 4.90 Å². The number of thioether (sulfide) groups is 1. The van der Waals surface area contributed by atoms with Crippen LogP contribution in [-0.4, -0.2) is 47.7 Å². The summed E-state index contributed by atoms with van der Waals surface area (Å²) in [5, 5.41) is 10.1. The maximum Gasteiger partial charge on any atom is 0.109 e. The minimum atomic E-state index is -0.728. The summed E-state index contributed by atoms with van der Waals surface area (Å²) in [7, 11) is 0. The third-order valence-corrected chi connectivity index (χ3v) is 7.25. The van der Waals surface area contributed by atoms with Crippen molar-refractivity contribution in [3.05, 3.63) is 24.3 Å². The molecule has 0 aromatic heterocycles. The number of benzene rings is 1. The molecule has 2 heterocycles. The van der Waals surface area contributed by atoms with Gasteiger partial charge in [-0.2, -0.15) is 0 Å². The first-order valence-electron chi connectivity index (χ1n) is 10.8. The Labute approximate surface area is 170 Å². The third kappa shape index (κ3) is 6.40. The highest BCUT2D eigenvalue weighted by Crippen LogP contribution is 2.33. The van der Waals surface area contributed by atoms with E-state index in [1.807, 2.05) is 13.8 Å². The van der Waals surface area contributed by atoms with Crippen LogP contribution in [0.15, 0.2) is 29.2 Å². The minimum absolute atomic E-state index is 0.728. The van der Waals surface area contributed by atoms with Gasteiger partial charge in [-0.3, -0.25) is 0 Å². The Morgan fingerprint density at radius 2 is 1.74 bits per heavy atom. The topological polar surface area (TPSA) is 26.7 Å². The second-order valence-corrected chi connectivity index (χ2v) is 11.0. The molecule has 1 aromatic carbocycles. The van der Waals surface area contributed by atoms with Crippen molar-refractivity contribution in [2.24, 2.45) is 17.8 Å². The van der Waals surface area contributed by atoms with E-state index in [-0.39, 0.29) is 0 Å². The van der Waals surface area contributed by atoms with Gasteiger partial charge in [0.25, 0.3) is 0 Å². The molecule has 152 valence electrons. The zero-order valence-corrected chi connectivity index (χ0v) is 18.5. The lowest BCUT2D eigenvalue weighted by molar-refractivity contribution is 0.132. The zero-order chi connectivity index (χ0) is 19.4. The van der Waals surface area contributed by atoms with Gasteiger partial charge in [-0.25, -0.2) is 0 Å². The number of nitrogens with zero attached hydrogens (tertiary/aromatic N) is 2. The van der Waals surface area contributed by atoms with Crippen LogP contribution >= 0.6 is 11.8 Å². The molecule has 0 unspecified atom stereocenters. The normalized spacial score (nSPS) is 21.2. The van der Waals surface area contributed by atoms with Crippen molar-refractivity contribution in [3.8, 4) is 0 Å². The van der Waals surface area contributed by atoms with E-state index in [4.69, 9.17) is 0 Å². The van der Waals surface area contributed by atoms with Gasteiger partial charge in [0.15, 0.2) is 0 Å². The van der Waals surface area contributed by atoms with Gasteiger partial charge in [-0.1, -0.05) is 31.7 Å². The van der Waals surface area contributed by atoms with E-state index in [9.17, 15) is 5.11 Å². The Morgan fingerprint density at radius 1 is 1.07 bits per heavy atom. The van der Waals surface area contributed by atoms with E-state index in [0.717, 1.165) is 35.7 Å². The van der Waals surface area contributed by atoms with Crippen LogP contribution in [0.2, 0.25) is 0 Å². The second-order valence-electron chi connectivity index (χ2n) is 9.36. The lowest BCUT2D eigenvalue weighted by atomic mass is 9.86. The van der Waals surface area contributed by atoms with Crippen LogP contribution in [0.25, 0.3) is 0 Å². The Bertz CT molecular complexity index is 582. The molecule has 3 nitrogen and oxygen atoms in total. The number of aliphatic hydroxyl groups is 1. The van der Waals surface area contributed by atoms with Gasteiger partial charge in [-0.05, 0) is 88.6 Å². The first-order valence-corrected chi connectivity index (χ1v) is 11.6. The molecule has 0 radical (unpaired) electrons. The lowest BCUT2D eigenvalue weighted by Gasteiger charge is -2.39. The molecule has 0 aliphatic carbocycles. The average Bonchev–Trinajstić information content (AvgIpc) is 2.61. The van der Waals surface area contributed by atoms with Crippen LogP contribution in [0, 0.1) is 17.8 Å². The molecule has 0 atom stereocenters. The number of rotatable bonds is 6. The van der Waals surface area contributed by atoms with Gasteiger partial charge in [0, 0.05) is 30.2 Å². The molecule has 0 saturated carbocycles. The van der Waals surface area contributed by atoms with E-state index in [2.05, 4.69) is 47.9 Å². The Morgan fingerprint density at radius 3 is 2.33 bits per heavy atom. The predicted octanol–water partition coefficient (Wildman–Crippen LogP) is 5.09. The van der Waals surface area contributed by atoms with E-state index >= 15 is 0 Å². The molecule has 27 heavy (non-hydrogen) atoms. The smallest absolute Gasteiger partial charge is 0.109 e. The molecule has 0 spiro atoms.